The number of thioether (sulfide) groups is 1. The Bertz CT molecular complexity index is 123. The first-order valence-electron chi connectivity index (χ1n) is 3.93. The molecular formula is C8H17ClN2S. The van der Waals surface area contributed by atoms with E-state index in [4.69, 9.17) is 5.26 Å². The summed E-state index contributed by atoms with van der Waals surface area (Å²) in [5, 5.41) is 10.3. The van der Waals surface area contributed by atoms with E-state index in [2.05, 4.69) is 24.4 Å². The molecule has 0 atom stereocenters. The lowest BCUT2D eigenvalue weighted by Crippen LogP contribution is -2.12. The summed E-state index contributed by atoms with van der Waals surface area (Å²) >= 11 is 1.36. The molecule has 0 aromatic heterocycles. The van der Waals surface area contributed by atoms with E-state index in [9.17, 15) is 0 Å². The maximum Gasteiger partial charge on any atom is 0.133 e. The Morgan fingerprint density at radius 2 is 1.92 bits per heavy atom. The number of hydrogen-bond donors (Lipinski definition) is 0. The third-order valence-electron chi connectivity index (χ3n) is 1.42. The van der Waals surface area contributed by atoms with E-state index < -0.39 is 0 Å². The highest BCUT2D eigenvalue weighted by atomic mass is 35.5. The normalized spacial score (nSPS) is 9.17. The van der Waals surface area contributed by atoms with Crippen LogP contribution in [0.2, 0.25) is 0 Å². The van der Waals surface area contributed by atoms with Crippen LogP contribution in [0.15, 0.2) is 0 Å². The van der Waals surface area contributed by atoms with Crippen molar-refractivity contribution in [2.75, 3.05) is 26.4 Å². The Labute approximate surface area is 85.7 Å². The number of unbranched alkanes of at least 4 members (excludes halogenated alkanes) is 2. The summed E-state index contributed by atoms with van der Waals surface area (Å²) in [4.78, 5) is 2.19. The Balaban J connectivity index is 0. The monoisotopic (exact) mass is 208 g/mol. The molecule has 0 aromatic carbocycles. The van der Waals surface area contributed by atoms with Crippen molar-refractivity contribution in [3.63, 3.8) is 0 Å². The van der Waals surface area contributed by atoms with Gasteiger partial charge in [0, 0.05) is 5.75 Å². The van der Waals surface area contributed by atoms with E-state index in [1.54, 1.807) is 0 Å². The smallest absolute Gasteiger partial charge is 0.133 e. The van der Waals surface area contributed by atoms with Crippen molar-refractivity contribution >= 4 is 24.2 Å². The molecule has 0 saturated carbocycles. The van der Waals surface area contributed by atoms with Gasteiger partial charge in [-0.25, -0.2) is 0 Å². The second-order valence-corrected chi connectivity index (χ2v) is 3.68. The minimum atomic E-state index is 0. The van der Waals surface area contributed by atoms with Gasteiger partial charge < -0.3 is 4.90 Å². The van der Waals surface area contributed by atoms with E-state index in [1.807, 2.05) is 0 Å². The van der Waals surface area contributed by atoms with Crippen LogP contribution in [0.1, 0.15) is 19.3 Å². The molecular weight excluding hydrogens is 192 g/mol. The van der Waals surface area contributed by atoms with Crippen molar-refractivity contribution in [1.29, 1.82) is 5.26 Å². The van der Waals surface area contributed by atoms with Crippen LogP contribution in [0.3, 0.4) is 0 Å². The maximum absolute atomic E-state index is 8.22. The van der Waals surface area contributed by atoms with Crippen LogP contribution in [0.25, 0.3) is 0 Å². The quantitative estimate of drug-likeness (QED) is 0.496. The molecule has 0 heterocycles. The molecule has 4 heteroatoms. The van der Waals surface area contributed by atoms with Crippen molar-refractivity contribution in [1.82, 2.24) is 4.90 Å². The number of rotatable bonds is 6. The predicted molar refractivity (Wildman–Crippen MR) is 57.7 cm³/mol. The highest BCUT2D eigenvalue weighted by Crippen LogP contribution is 2.03. The van der Waals surface area contributed by atoms with E-state index >= 15 is 0 Å². The highest BCUT2D eigenvalue weighted by molar-refractivity contribution is 8.03. The van der Waals surface area contributed by atoms with E-state index in [1.165, 1.54) is 31.0 Å². The van der Waals surface area contributed by atoms with Gasteiger partial charge in [0.15, 0.2) is 0 Å². The Morgan fingerprint density at radius 1 is 1.25 bits per heavy atom. The second kappa shape index (κ2) is 11.1. The van der Waals surface area contributed by atoms with Crippen LogP contribution in [0.4, 0.5) is 0 Å². The summed E-state index contributed by atoms with van der Waals surface area (Å²) in [6, 6.07) is 0. The van der Waals surface area contributed by atoms with Crippen molar-refractivity contribution in [3.05, 3.63) is 0 Å². The van der Waals surface area contributed by atoms with Gasteiger partial charge in [-0.2, -0.15) is 5.26 Å². The Morgan fingerprint density at radius 3 is 2.42 bits per heavy atom. The van der Waals surface area contributed by atoms with Crippen LogP contribution >= 0.6 is 24.2 Å². The fourth-order valence-electron chi connectivity index (χ4n) is 0.825. The van der Waals surface area contributed by atoms with Gasteiger partial charge in [-0.05, 0) is 45.2 Å². The molecule has 0 bridgehead atoms. The zero-order chi connectivity index (χ0) is 8.53. The van der Waals surface area contributed by atoms with Crippen molar-refractivity contribution < 1.29 is 0 Å². The van der Waals surface area contributed by atoms with Crippen LogP contribution < -0.4 is 0 Å². The molecule has 2 nitrogen and oxygen atoms in total. The molecule has 0 unspecified atom stereocenters. The first-order chi connectivity index (χ1) is 5.27. The lowest BCUT2D eigenvalue weighted by molar-refractivity contribution is 0.394. The van der Waals surface area contributed by atoms with E-state index in [0.717, 1.165) is 12.3 Å². The van der Waals surface area contributed by atoms with Gasteiger partial charge in [-0.3, -0.25) is 0 Å². The molecule has 0 fully saturated rings. The molecule has 0 spiro atoms. The molecule has 0 saturated heterocycles. The van der Waals surface area contributed by atoms with Gasteiger partial charge in [0.1, 0.15) is 5.40 Å². The summed E-state index contributed by atoms with van der Waals surface area (Å²) < 4.78 is 0. The third kappa shape index (κ3) is 12.7. The fourth-order valence-corrected chi connectivity index (χ4v) is 1.26. The number of thiocyanates is 1. The zero-order valence-electron chi connectivity index (χ0n) is 7.75. The topological polar surface area (TPSA) is 27.0 Å². The SMILES string of the molecule is CN(C)CCCCCSC#N.Cl. The molecule has 0 N–H and O–H groups in total. The standard InChI is InChI=1S/C8H16N2S.ClH/c1-10(2)6-4-3-5-7-11-8-9;/h3-7H2,1-2H3;1H. The summed E-state index contributed by atoms with van der Waals surface area (Å²) in [5.41, 5.74) is 0. The minimum Gasteiger partial charge on any atom is -0.309 e. The van der Waals surface area contributed by atoms with Gasteiger partial charge in [0.25, 0.3) is 0 Å². The fraction of sp³-hybridized carbons (Fsp3) is 0.875. The van der Waals surface area contributed by atoms with E-state index in [0.29, 0.717) is 0 Å². The van der Waals surface area contributed by atoms with Gasteiger partial charge in [0.2, 0.25) is 0 Å². The van der Waals surface area contributed by atoms with Crippen LogP contribution in [-0.4, -0.2) is 31.3 Å². The molecule has 0 aliphatic rings. The lowest BCUT2D eigenvalue weighted by atomic mass is 10.2. The van der Waals surface area contributed by atoms with Crippen molar-refractivity contribution in [2.24, 2.45) is 0 Å². The summed E-state index contributed by atoms with van der Waals surface area (Å²) in [5.74, 6) is 0.990. The van der Waals surface area contributed by atoms with Crippen LogP contribution in [-0.2, 0) is 0 Å². The van der Waals surface area contributed by atoms with Gasteiger partial charge in [0.05, 0.1) is 0 Å². The van der Waals surface area contributed by atoms with Gasteiger partial charge in [-0.15, -0.1) is 12.4 Å². The molecule has 0 amide bonds. The van der Waals surface area contributed by atoms with Crippen molar-refractivity contribution in [2.45, 2.75) is 19.3 Å². The number of hydrogen-bond acceptors (Lipinski definition) is 3. The third-order valence-corrected chi connectivity index (χ3v) is 2.04. The summed E-state index contributed by atoms with van der Waals surface area (Å²) in [7, 11) is 4.17. The molecule has 12 heavy (non-hydrogen) atoms. The van der Waals surface area contributed by atoms with Crippen LogP contribution in [0, 0.1) is 10.7 Å². The van der Waals surface area contributed by atoms with Gasteiger partial charge in [-0.1, -0.05) is 6.42 Å². The molecule has 0 aliphatic carbocycles. The average molecular weight is 209 g/mol. The molecule has 0 radical (unpaired) electrons. The first-order valence-corrected chi connectivity index (χ1v) is 4.91. The lowest BCUT2D eigenvalue weighted by Gasteiger charge is -2.07. The zero-order valence-corrected chi connectivity index (χ0v) is 9.38. The second-order valence-electron chi connectivity index (χ2n) is 2.80. The highest BCUT2D eigenvalue weighted by Gasteiger charge is 1.91. The maximum atomic E-state index is 8.22. The average Bonchev–Trinajstić information content (AvgIpc) is 1.96. The summed E-state index contributed by atoms with van der Waals surface area (Å²) in [6.45, 7) is 1.16. The minimum absolute atomic E-state index is 0. The Hall–Kier alpha value is 0.0900. The molecule has 72 valence electrons. The van der Waals surface area contributed by atoms with Crippen LogP contribution in [0.5, 0.6) is 0 Å². The van der Waals surface area contributed by atoms with Gasteiger partial charge >= 0.3 is 0 Å². The first kappa shape index (κ1) is 14.6. The molecule has 0 rings (SSSR count). The van der Waals surface area contributed by atoms with E-state index in [-0.39, 0.29) is 12.4 Å². The van der Waals surface area contributed by atoms with Crippen molar-refractivity contribution in [3.8, 4) is 5.40 Å². The summed E-state index contributed by atoms with van der Waals surface area (Å²) in [6.07, 6.45) is 3.66. The number of nitrogens with zero attached hydrogens (tertiary/aromatic N) is 2. The number of nitriles is 1. The number of halogens is 1. The molecule has 0 aromatic rings. The Kier molecular flexibility index (Phi) is 13.5. The largest absolute Gasteiger partial charge is 0.309 e. The molecule has 0 aliphatic heterocycles. The predicted octanol–water partition coefficient (Wildman–Crippen LogP) is 2.35.